The van der Waals surface area contributed by atoms with Crippen LogP contribution in [0.2, 0.25) is 0 Å². The zero-order chi connectivity index (χ0) is 21.3. The number of alkyl halides is 2. The standard InChI is InChI=1S/C21H20F2N4O2S/c1-2-18(28)26-11-5-6-13(26)12-27-15-8-4-3-7-14(15)24-21(27)25-20(29)17-10-9-16(30-17)19(22)23/h2-4,7-10,13,19H,1,5-6,11-12H2,(H,24,25,29). The highest BCUT2D eigenvalue weighted by Crippen LogP contribution is 2.29. The maximum Gasteiger partial charge on any atom is 0.272 e. The van der Waals surface area contributed by atoms with Gasteiger partial charge >= 0.3 is 0 Å². The molecule has 1 fully saturated rings. The minimum Gasteiger partial charge on any atom is -0.334 e. The first-order chi connectivity index (χ1) is 14.5. The third kappa shape index (κ3) is 3.85. The molecule has 1 aliphatic heterocycles. The molecule has 3 aromatic rings. The molecule has 0 radical (unpaired) electrons. The van der Waals surface area contributed by atoms with E-state index in [1.165, 1.54) is 18.2 Å². The highest BCUT2D eigenvalue weighted by Gasteiger charge is 2.29. The molecule has 1 saturated heterocycles. The lowest BCUT2D eigenvalue weighted by atomic mass is 10.2. The Bertz CT molecular complexity index is 1110. The molecule has 156 valence electrons. The van der Waals surface area contributed by atoms with E-state index in [9.17, 15) is 18.4 Å². The van der Waals surface area contributed by atoms with Crippen LogP contribution < -0.4 is 5.32 Å². The average Bonchev–Trinajstić information content (AvgIpc) is 3.47. The first-order valence-electron chi connectivity index (χ1n) is 9.55. The summed E-state index contributed by atoms with van der Waals surface area (Å²) in [6, 6.07) is 10.1. The highest BCUT2D eigenvalue weighted by atomic mass is 32.1. The number of imidazole rings is 1. The molecule has 1 aliphatic rings. The van der Waals surface area contributed by atoms with Crippen LogP contribution in [0.15, 0.2) is 49.1 Å². The number of nitrogens with one attached hydrogen (secondary N) is 1. The second-order valence-corrected chi connectivity index (χ2v) is 8.14. The number of halogens is 2. The zero-order valence-electron chi connectivity index (χ0n) is 16.1. The normalized spacial score (nSPS) is 16.4. The molecule has 0 bridgehead atoms. The van der Waals surface area contributed by atoms with Crippen molar-refractivity contribution in [3.05, 3.63) is 58.8 Å². The number of aromatic nitrogens is 2. The van der Waals surface area contributed by atoms with Crippen molar-refractivity contribution in [2.24, 2.45) is 0 Å². The fraction of sp³-hybridized carbons (Fsp3) is 0.286. The Kier molecular flexibility index (Phi) is 5.63. The minimum atomic E-state index is -2.61. The molecule has 1 unspecified atom stereocenters. The number of thiophene rings is 1. The molecule has 6 nitrogen and oxygen atoms in total. The van der Waals surface area contributed by atoms with Gasteiger partial charge in [0.1, 0.15) is 0 Å². The second-order valence-electron chi connectivity index (χ2n) is 7.02. The van der Waals surface area contributed by atoms with Gasteiger partial charge in [0.05, 0.1) is 26.8 Å². The van der Waals surface area contributed by atoms with E-state index >= 15 is 0 Å². The number of para-hydroxylation sites is 2. The van der Waals surface area contributed by atoms with Crippen molar-refractivity contribution in [2.45, 2.75) is 31.9 Å². The topological polar surface area (TPSA) is 67.2 Å². The number of carbonyl (C=O) groups is 2. The molecule has 0 spiro atoms. The summed E-state index contributed by atoms with van der Waals surface area (Å²) in [6.07, 6.45) is 0.424. The van der Waals surface area contributed by atoms with Gasteiger partial charge in [-0.3, -0.25) is 14.9 Å². The summed E-state index contributed by atoms with van der Waals surface area (Å²) in [5.41, 5.74) is 1.52. The maximum absolute atomic E-state index is 12.9. The van der Waals surface area contributed by atoms with Gasteiger partial charge in [-0.05, 0) is 43.2 Å². The van der Waals surface area contributed by atoms with Crippen LogP contribution in [0.5, 0.6) is 0 Å². The molecule has 0 saturated carbocycles. The minimum absolute atomic E-state index is 0.0454. The Hall–Kier alpha value is -3.07. The van der Waals surface area contributed by atoms with Gasteiger partial charge < -0.3 is 9.47 Å². The van der Waals surface area contributed by atoms with Gasteiger partial charge in [0.15, 0.2) is 0 Å². The molecule has 4 rings (SSSR count). The first-order valence-corrected chi connectivity index (χ1v) is 10.4. The zero-order valence-corrected chi connectivity index (χ0v) is 16.9. The van der Waals surface area contributed by atoms with Crippen molar-refractivity contribution in [2.75, 3.05) is 11.9 Å². The van der Waals surface area contributed by atoms with Gasteiger partial charge in [-0.1, -0.05) is 18.7 Å². The van der Waals surface area contributed by atoms with Gasteiger partial charge in [-0.15, -0.1) is 11.3 Å². The highest BCUT2D eigenvalue weighted by molar-refractivity contribution is 7.14. The molecule has 0 aliphatic carbocycles. The molecule has 9 heteroatoms. The Morgan fingerprint density at radius 2 is 2.10 bits per heavy atom. The fourth-order valence-corrected chi connectivity index (χ4v) is 4.51. The van der Waals surface area contributed by atoms with E-state index in [1.54, 1.807) is 4.90 Å². The van der Waals surface area contributed by atoms with E-state index < -0.39 is 12.3 Å². The number of fused-ring (bicyclic) bond motifs is 1. The van der Waals surface area contributed by atoms with Crippen molar-refractivity contribution in [1.82, 2.24) is 14.5 Å². The third-order valence-corrected chi connectivity index (χ3v) is 6.27. The summed E-state index contributed by atoms with van der Waals surface area (Å²) in [5.74, 6) is -0.286. The number of rotatable bonds is 6. The number of carbonyl (C=O) groups excluding carboxylic acids is 2. The van der Waals surface area contributed by atoms with Gasteiger partial charge in [-0.25, -0.2) is 13.8 Å². The molecular formula is C21H20F2N4O2S. The van der Waals surface area contributed by atoms with Crippen LogP contribution in [0.4, 0.5) is 14.7 Å². The fourth-order valence-electron chi connectivity index (χ4n) is 3.75. The van der Waals surface area contributed by atoms with Crippen LogP contribution in [-0.4, -0.2) is 38.9 Å². The Morgan fingerprint density at radius 3 is 2.83 bits per heavy atom. The number of hydrogen-bond acceptors (Lipinski definition) is 4. The smallest absolute Gasteiger partial charge is 0.272 e. The van der Waals surface area contributed by atoms with Crippen LogP contribution in [-0.2, 0) is 11.3 Å². The third-order valence-electron chi connectivity index (χ3n) is 5.17. The molecule has 30 heavy (non-hydrogen) atoms. The SMILES string of the molecule is C=CC(=O)N1CCCC1Cn1c(NC(=O)c2ccc(C(F)F)s2)nc2ccccc21. The molecule has 2 amide bonds. The van der Waals surface area contributed by atoms with Crippen LogP contribution in [0, 0.1) is 0 Å². The van der Waals surface area contributed by atoms with E-state index in [0.29, 0.717) is 24.6 Å². The van der Waals surface area contributed by atoms with E-state index in [2.05, 4.69) is 16.9 Å². The summed E-state index contributed by atoms with van der Waals surface area (Å²) in [5, 5.41) is 2.76. The lowest BCUT2D eigenvalue weighted by Crippen LogP contribution is -2.37. The maximum atomic E-state index is 12.9. The van der Waals surface area contributed by atoms with Crippen LogP contribution in [0.1, 0.15) is 33.8 Å². The van der Waals surface area contributed by atoms with Crippen molar-refractivity contribution >= 4 is 40.1 Å². The molecule has 1 aromatic carbocycles. The second kappa shape index (κ2) is 8.35. The lowest BCUT2D eigenvalue weighted by Gasteiger charge is -2.24. The van der Waals surface area contributed by atoms with Crippen molar-refractivity contribution in [3.63, 3.8) is 0 Å². The van der Waals surface area contributed by atoms with Crippen LogP contribution >= 0.6 is 11.3 Å². The van der Waals surface area contributed by atoms with E-state index in [0.717, 1.165) is 29.7 Å². The summed E-state index contributed by atoms with van der Waals surface area (Å²) in [7, 11) is 0. The summed E-state index contributed by atoms with van der Waals surface area (Å²) < 4.78 is 27.6. The van der Waals surface area contributed by atoms with Gasteiger partial charge in [0.25, 0.3) is 12.3 Å². The number of nitrogens with zero attached hydrogens (tertiary/aromatic N) is 3. The van der Waals surface area contributed by atoms with E-state index in [1.807, 2.05) is 28.8 Å². The molecule has 1 N–H and O–H groups in total. The summed E-state index contributed by atoms with van der Waals surface area (Å²) in [6.45, 7) is 4.69. The Labute approximate surface area is 175 Å². The number of amides is 2. The molecule has 1 atom stereocenters. The predicted molar refractivity (Wildman–Crippen MR) is 112 cm³/mol. The predicted octanol–water partition coefficient (Wildman–Crippen LogP) is 4.46. The largest absolute Gasteiger partial charge is 0.334 e. The van der Waals surface area contributed by atoms with Crippen molar-refractivity contribution in [3.8, 4) is 0 Å². The summed E-state index contributed by atoms with van der Waals surface area (Å²) >= 11 is 0.758. The number of hydrogen-bond donors (Lipinski definition) is 1. The number of benzene rings is 1. The van der Waals surface area contributed by atoms with Gasteiger partial charge in [0, 0.05) is 13.1 Å². The Morgan fingerprint density at radius 1 is 1.30 bits per heavy atom. The monoisotopic (exact) mass is 430 g/mol. The van der Waals surface area contributed by atoms with Gasteiger partial charge in [0.2, 0.25) is 11.9 Å². The lowest BCUT2D eigenvalue weighted by molar-refractivity contribution is -0.126. The van der Waals surface area contributed by atoms with Crippen LogP contribution in [0.3, 0.4) is 0 Å². The van der Waals surface area contributed by atoms with E-state index in [4.69, 9.17) is 0 Å². The quantitative estimate of drug-likeness (QED) is 0.587. The van der Waals surface area contributed by atoms with Crippen molar-refractivity contribution in [1.29, 1.82) is 0 Å². The molecule has 2 aromatic heterocycles. The Balaban J connectivity index is 1.64. The number of likely N-dealkylation sites (tertiary alicyclic amines) is 1. The number of anilines is 1. The van der Waals surface area contributed by atoms with Crippen LogP contribution in [0.25, 0.3) is 11.0 Å². The van der Waals surface area contributed by atoms with Gasteiger partial charge in [-0.2, -0.15) is 0 Å². The van der Waals surface area contributed by atoms with E-state index in [-0.39, 0.29) is 21.7 Å². The first kappa shape index (κ1) is 20.2. The average molecular weight is 430 g/mol. The van der Waals surface area contributed by atoms with Crippen molar-refractivity contribution < 1.29 is 18.4 Å². The summed E-state index contributed by atoms with van der Waals surface area (Å²) in [4.78, 5) is 31.2. The molecular weight excluding hydrogens is 410 g/mol. The molecule has 3 heterocycles.